The van der Waals surface area contributed by atoms with E-state index >= 15 is 0 Å². The second-order valence-electron chi connectivity index (χ2n) is 4.95. The standard InChI is InChI=1S/C15H15N3O2/c1-10-12(9-17(2)16-10)15(20)18-8-7-14(19)11-5-3-4-6-13(11)18/h3-6,9H,7-8H2,1-2H3. The molecule has 0 saturated carbocycles. The van der Waals surface area contributed by atoms with Gasteiger partial charge in [-0.05, 0) is 19.1 Å². The molecule has 3 rings (SSSR count). The van der Waals surface area contributed by atoms with Gasteiger partial charge < -0.3 is 4.90 Å². The van der Waals surface area contributed by atoms with E-state index in [2.05, 4.69) is 5.10 Å². The Labute approximate surface area is 116 Å². The predicted molar refractivity (Wildman–Crippen MR) is 75.0 cm³/mol. The number of para-hydroxylation sites is 1. The van der Waals surface area contributed by atoms with Gasteiger partial charge in [-0.3, -0.25) is 14.3 Å². The Morgan fingerprint density at radius 2 is 2.05 bits per heavy atom. The molecule has 5 nitrogen and oxygen atoms in total. The third-order valence-corrected chi connectivity index (χ3v) is 3.55. The van der Waals surface area contributed by atoms with Crippen molar-refractivity contribution in [1.82, 2.24) is 9.78 Å². The molecule has 0 N–H and O–H groups in total. The topological polar surface area (TPSA) is 55.2 Å². The van der Waals surface area contributed by atoms with Crippen LogP contribution < -0.4 is 4.90 Å². The van der Waals surface area contributed by atoms with Crippen LogP contribution in [0.15, 0.2) is 30.5 Å². The summed E-state index contributed by atoms with van der Waals surface area (Å²) in [5, 5.41) is 4.20. The van der Waals surface area contributed by atoms with Crippen LogP contribution in [-0.2, 0) is 7.05 Å². The molecule has 1 aromatic heterocycles. The number of fused-ring (bicyclic) bond motifs is 1. The molecule has 1 aromatic carbocycles. The van der Waals surface area contributed by atoms with Crippen molar-refractivity contribution in [2.45, 2.75) is 13.3 Å². The molecule has 1 aliphatic rings. The molecule has 5 heteroatoms. The predicted octanol–water partition coefficient (Wildman–Crippen LogP) is 1.96. The lowest BCUT2D eigenvalue weighted by Gasteiger charge is -2.28. The number of rotatable bonds is 1. The molecule has 0 radical (unpaired) electrons. The Balaban J connectivity index is 2.04. The average molecular weight is 269 g/mol. The van der Waals surface area contributed by atoms with Crippen LogP contribution in [0.5, 0.6) is 0 Å². The van der Waals surface area contributed by atoms with E-state index in [1.807, 2.05) is 25.1 Å². The molecule has 0 aliphatic carbocycles. The molecule has 1 aliphatic heterocycles. The SMILES string of the molecule is Cc1nn(C)cc1C(=O)N1CCC(=O)c2ccccc21. The quantitative estimate of drug-likeness (QED) is 0.795. The van der Waals surface area contributed by atoms with Gasteiger partial charge in [0.25, 0.3) is 5.91 Å². The van der Waals surface area contributed by atoms with Crippen LogP contribution in [0.3, 0.4) is 0 Å². The molecule has 0 atom stereocenters. The maximum absolute atomic E-state index is 12.7. The van der Waals surface area contributed by atoms with Crippen molar-refractivity contribution in [3.63, 3.8) is 0 Å². The first kappa shape index (κ1) is 12.6. The summed E-state index contributed by atoms with van der Waals surface area (Å²) in [5.41, 5.74) is 2.59. The van der Waals surface area contributed by atoms with Gasteiger partial charge in [0, 0.05) is 31.8 Å². The Kier molecular flexibility index (Phi) is 2.89. The molecule has 0 bridgehead atoms. The van der Waals surface area contributed by atoms with Gasteiger partial charge in [-0.2, -0.15) is 5.10 Å². The number of carbonyl (C=O) groups excluding carboxylic acids is 2. The zero-order valence-corrected chi connectivity index (χ0v) is 11.5. The van der Waals surface area contributed by atoms with Crippen LogP contribution in [0.2, 0.25) is 0 Å². The zero-order chi connectivity index (χ0) is 14.3. The van der Waals surface area contributed by atoms with Crippen LogP contribution in [-0.4, -0.2) is 28.0 Å². The number of hydrogen-bond donors (Lipinski definition) is 0. The number of hydrogen-bond acceptors (Lipinski definition) is 3. The average Bonchev–Trinajstić information content (AvgIpc) is 2.78. The minimum atomic E-state index is -0.101. The van der Waals surface area contributed by atoms with Crippen LogP contribution in [0.1, 0.15) is 32.8 Å². The molecule has 0 spiro atoms. The van der Waals surface area contributed by atoms with Crippen molar-refractivity contribution in [2.75, 3.05) is 11.4 Å². The van der Waals surface area contributed by atoms with E-state index in [1.165, 1.54) is 0 Å². The van der Waals surface area contributed by atoms with E-state index in [-0.39, 0.29) is 11.7 Å². The van der Waals surface area contributed by atoms with E-state index in [9.17, 15) is 9.59 Å². The number of aromatic nitrogens is 2. The van der Waals surface area contributed by atoms with Gasteiger partial charge in [-0.1, -0.05) is 12.1 Å². The summed E-state index contributed by atoms with van der Waals surface area (Å²) < 4.78 is 1.63. The fourth-order valence-electron chi connectivity index (χ4n) is 2.58. The second kappa shape index (κ2) is 4.59. The number of carbonyl (C=O) groups is 2. The van der Waals surface area contributed by atoms with Gasteiger partial charge in [0.2, 0.25) is 0 Å². The number of Topliss-reactive ketones (excluding diaryl/α,β-unsaturated/α-hetero) is 1. The number of amides is 1. The summed E-state index contributed by atoms with van der Waals surface area (Å²) in [6, 6.07) is 7.25. The highest BCUT2D eigenvalue weighted by Gasteiger charge is 2.28. The third kappa shape index (κ3) is 1.91. The molecule has 2 aromatic rings. The van der Waals surface area contributed by atoms with Gasteiger partial charge in [0.05, 0.1) is 16.9 Å². The first-order valence-corrected chi connectivity index (χ1v) is 6.52. The summed E-state index contributed by atoms with van der Waals surface area (Å²) in [7, 11) is 1.79. The van der Waals surface area contributed by atoms with Crippen molar-refractivity contribution in [1.29, 1.82) is 0 Å². The van der Waals surface area contributed by atoms with Gasteiger partial charge in [-0.15, -0.1) is 0 Å². The minimum Gasteiger partial charge on any atom is -0.307 e. The molecule has 102 valence electrons. The van der Waals surface area contributed by atoms with Crippen molar-refractivity contribution >= 4 is 17.4 Å². The molecular formula is C15H15N3O2. The molecule has 2 heterocycles. The highest BCUT2D eigenvalue weighted by molar-refractivity contribution is 6.13. The number of anilines is 1. The van der Waals surface area contributed by atoms with E-state index in [0.717, 1.165) is 0 Å². The summed E-state index contributed by atoms with van der Waals surface area (Å²) in [6.07, 6.45) is 2.08. The van der Waals surface area contributed by atoms with Crippen molar-refractivity contribution in [3.05, 3.63) is 47.3 Å². The molecule has 0 unspecified atom stereocenters. The van der Waals surface area contributed by atoms with E-state index in [4.69, 9.17) is 0 Å². The summed E-state index contributed by atoms with van der Waals surface area (Å²) in [4.78, 5) is 26.2. The maximum Gasteiger partial charge on any atom is 0.261 e. The fourth-order valence-corrected chi connectivity index (χ4v) is 2.58. The zero-order valence-electron chi connectivity index (χ0n) is 11.5. The van der Waals surface area contributed by atoms with Gasteiger partial charge in [0.15, 0.2) is 5.78 Å². The number of aryl methyl sites for hydroxylation is 2. The molecule has 0 fully saturated rings. The van der Waals surface area contributed by atoms with Gasteiger partial charge >= 0.3 is 0 Å². The first-order chi connectivity index (χ1) is 9.58. The minimum absolute atomic E-state index is 0.0903. The summed E-state index contributed by atoms with van der Waals surface area (Å²) in [6.45, 7) is 2.23. The molecule has 1 amide bonds. The Morgan fingerprint density at radius 1 is 1.30 bits per heavy atom. The summed E-state index contributed by atoms with van der Waals surface area (Å²) in [5.74, 6) is -0.0110. The van der Waals surface area contributed by atoms with E-state index in [1.54, 1.807) is 28.9 Å². The van der Waals surface area contributed by atoms with E-state index < -0.39 is 0 Å². The van der Waals surface area contributed by atoms with Gasteiger partial charge in [0.1, 0.15) is 0 Å². The monoisotopic (exact) mass is 269 g/mol. The highest BCUT2D eigenvalue weighted by atomic mass is 16.2. The molecule has 20 heavy (non-hydrogen) atoms. The summed E-state index contributed by atoms with van der Waals surface area (Å²) >= 11 is 0. The second-order valence-corrected chi connectivity index (χ2v) is 4.95. The highest BCUT2D eigenvalue weighted by Crippen LogP contribution is 2.28. The molecular weight excluding hydrogens is 254 g/mol. The fraction of sp³-hybridized carbons (Fsp3) is 0.267. The Bertz CT molecular complexity index is 703. The van der Waals surface area contributed by atoms with E-state index in [0.29, 0.717) is 35.5 Å². The van der Waals surface area contributed by atoms with Crippen molar-refractivity contribution in [3.8, 4) is 0 Å². The Hall–Kier alpha value is -2.43. The first-order valence-electron chi connectivity index (χ1n) is 6.52. The lowest BCUT2D eigenvalue weighted by Crippen LogP contribution is -2.37. The Morgan fingerprint density at radius 3 is 2.75 bits per heavy atom. The van der Waals surface area contributed by atoms with Crippen molar-refractivity contribution < 1.29 is 9.59 Å². The maximum atomic E-state index is 12.7. The number of benzene rings is 1. The van der Waals surface area contributed by atoms with Crippen molar-refractivity contribution in [2.24, 2.45) is 7.05 Å². The lowest BCUT2D eigenvalue weighted by molar-refractivity contribution is 0.0955. The van der Waals surface area contributed by atoms with Gasteiger partial charge in [-0.25, -0.2) is 0 Å². The lowest BCUT2D eigenvalue weighted by atomic mass is 9.99. The van der Waals surface area contributed by atoms with Crippen LogP contribution in [0, 0.1) is 6.92 Å². The molecule has 0 saturated heterocycles. The third-order valence-electron chi connectivity index (χ3n) is 3.55. The van der Waals surface area contributed by atoms with Crippen LogP contribution in [0.4, 0.5) is 5.69 Å². The number of ketones is 1. The van der Waals surface area contributed by atoms with Crippen LogP contribution in [0.25, 0.3) is 0 Å². The largest absolute Gasteiger partial charge is 0.307 e. The normalized spacial score (nSPS) is 14.3. The number of nitrogens with zero attached hydrogens (tertiary/aromatic N) is 3. The van der Waals surface area contributed by atoms with Crippen LogP contribution >= 0.6 is 0 Å². The smallest absolute Gasteiger partial charge is 0.261 e.